The van der Waals surface area contributed by atoms with Gasteiger partial charge in [-0.25, -0.2) is 13.1 Å². The minimum Gasteiger partial charge on any atom is -0.461 e. The Bertz CT molecular complexity index is 942. The number of hydrogen-bond acceptors (Lipinski definition) is 5. The lowest BCUT2D eigenvalue weighted by Crippen LogP contribution is -2.38. The van der Waals surface area contributed by atoms with E-state index in [0.717, 1.165) is 5.56 Å². The van der Waals surface area contributed by atoms with E-state index in [2.05, 4.69) is 4.72 Å². The van der Waals surface area contributed by atoms with Crippen LogP contribution in [0.2, 0.25) is 0 Å². The molecule has 1 aliphatic carbocycles. The Hall–Kier alpha value is -2.69. The molecule has 0 saturated heterocycles. The van der Waals surface area contributed by atoms with Crippen molar-refractivity contribution >= 4 is 16.0 Å². The normalized spacial score (nSPS) is 19.5. The Morgan fingerprint density at radius 2 is 1.68 bits per heavy atom. The Labute approximate surface area is 165 Å². The van der Waals surface area contributed by atoms with Crippen LogP contribution in [-0.2, 0) is 26.2 Å². The van der Waals surface area contributed by atoms with E-state index in [1.807, 2.05) is 36.4 Å². The van der Waals surface area contributed by atoms with Crippen LogP contribution in [0, 0.1) is 17.2 Å². The summed E-state index contributed by atoms with van der Waals surface area (Å²) in [5.41, 5.74) is 1.35. The molecule has 7 heteroatoms. The van der Waals surface area contributed by atoms with Gasteiger partial charge in [-0.1, -0.05) is 30.3 Å². The molecule has 0 unspecified atom stereocenters. The molecule has 1 fully saturated rings. The quantitative estimate of drug-likeness (QED) is 0.754. The van der Waals surface area contributed by atoms with Gasteiger partial charge in [0.25, 0.3) is 0 Å². The fraction of sp³-hybridized carbons (Fsp3) is 0.333. The van der Waals surface area contributed by atoms with Gasteiger partial charge in [-0.15, -0.1) is 0 Å². The SMILES string of the molecule is N#Cc1ccc(S(=O)(=O)N[C@H]2CC[C@H](C(=O)OCc3ccccc3)CC2)cc1. The predicted molar refractivity (Wildman–Crippen MR) is 103 cm³/mol. The van der Waals surface area contributed by atoms with Crippen LogP contribution in [0.4, 0.5) is 0 Å². The first kappa shape index (κ1) is 20.1. The summed E-state index contributed by atoms with van der Waals surface area (Å²) < 4.78 is 33.1. The van der Waals surface area contributed by atoms with Crippen LogP contribution in [0.25, 0.3) is 0 Å². The number of ether oxygens (including phenoxy) is 1. The maximum atomic E-state index is 12.5. The van der Waals surface area contributed by atoms with Crippen LogP contribution in [0.3, 0.4) is 0 Å². The topological polar surface area (TPSA) is 96.3 Å². The van der Waals surface area contributed by atoms with Gasteiger partial charge >= 0.3 is 5.97 Å². The molecule has 3 rings (SSSR count). The molecule has 2 aromatic carbocycles. The average molecular weight is 398 g/mol. The van der Waals surface area contributed by atoms with Crippen molar-refractivity contribution in [3.05, 3.63) is 65.7 Å². The summed E-state index contributed by atoms with van der Waals surface area (Å²) in [6, 6.07) is 17.1. The monoisotopic (exact) mass is 398 g/mol. The molecule has 0 heterocycles. The zero-order valence-electron chi connectivity index (χ0n) is 15.4. The fourth-order valence-electron chi connectivity index (χ4n) is 3.29. The molecular formula is C21H22N2O4S. The van der Waals surface area contributed by atoms with Crippen LogP contribution in [0.15, 0.2) is 59.5 Å². The molecule has 1 N–H and O–H groups in total. The third-order valence-corrected chi connectivity index (χ3v) is 6.44. The van der Waals surface area contributed by atoms with Crippen molar-refractivity contribution in [2.45, 2.75) is 43.2 Å². The van der Waals surface area contributed by atoms with Crippen LogP contribution in [-0.4, -0.2) is 20.4 Å². The van der Waals surface area contributed by atoms with E-state index in [1.165, 1.54) is 24.3 Å². The summed E-state index contributed by atoms with van der Waals surface area (Å²) in [4.78, 5) is 12.4. The number of carbonyl (C=O) groups is 1. The predicted octanol–water partition coefficient (Wildman–Crippen LogP) is 3.14. The summed E-state index contributed by atoms with van der Waals surface area (Å²) in [5, 5.41) is 8.81. The Kier molecular flexibility index (Phi) is 6.45. The van der Waals surface area contributed by atoms with Crippen LogP contribution < -0.4 is 4.72 Å². The van der Waals surface area contributed by atoms with E-state index in [-0.39, 0.29) is 29.4 Å². The summed E-state index contributed by atoms with van der Waals surface area (Å²) in [7, 11) is -3.64. The molecule has 0 radical (unpaired) electrons. The summed E-state index contributed by atoms with van der Waals surface area (Å²) in [6.45, 7) is 0.255. The average Bonchev–Trinajstić information content (AvgIpc) is 2.73. The molecule has 2 aromatic rings. The van der Waals surface area contributed by atoms with Crippen molar-refractivity contribution < 1.29 is 17.9 Å². The number of sulfonamides is 1. The van der Waals surface area contributed by atoms with Crippen LogP contribution in [0.5, 0.6) is 0 Å². The molecule has 0 aromatic heterocycles. The van der Waals surface area contributed by atoms with E-state index in [1.54, 1.807) is 0 Å². The number of rotatable bonds is 6. The Balaban J connectivity index is 1.49. The molecule has 6 nitrogen and oxygen atoms in total. The minimum atomic E-state index is -3.64. The van der Waals surface area contributed by atoms with Crippen molar-refractivity contribution in [1.82, 2.24) is 4.72 Å². The van der Waals surface area contributed by atoms with Gasteiger partial charge in [-0.05, 0) is 55.5 Å². The van der Waals surface area contributed by atoms with Gasteiger partial charge in [0.1, 0.15) is 6.61 Å². The maximum absolute atomic E-state index is 12.5. The Morgan fingerprint density at radius 3 is 2.29 bits per heavy atom. The van der Waals surface area contributed by atoms with Crippen molar-refractivity contribution in [1.29, 1.82) is 5.26 Å². The van der Waals surface area contributed by atoms with E-state index >= 15 is 0 Å². The second-order valence-electron chi connectivity index (χ2n) is 6.90. The number of hydrogen-bond donors (Lipinski definition) is 1. The van der Waals surface area contributed by atoms with Crippen molar-refractivity contribution in [3.8, 4) is 6.07 Å². The van der Waals surface area contributed by atoms with Crippen LogP contribution in [0.1, 0.15) is 36.8 Å². The zero-order valence-corrected chi connectivity index (χ0v) is 16.2. The highest BCUT2D eigenvalue weighted by Gasteiger charge is 2.30. The third kappa shape index (κ3) is 5.18. The molecule has 0 bridgehead atoms. The van der Waals surface area contributed by atoms with E-state index < -0.39 is 10.0 Å². The molecular weight excluding hydrogens is 376 g/mol. The number of nitrogens with one attached hydrogen (secondary N) is 1. The first-order chi connectivity index (χ1) is 13.5. The molecule has 0 aliphatic heterocycles. The largest absolute Gasteiger partial charge is 0.461 e. The zero-order chi connectivity index (χ0) is 20.0. The molecule has 28 heavy (non-hydrogen) atoms. The highest BCUT2D eigenvalue weighted by atomic mass is 32.2. The number of benzene rings is 2. The van der Waals surface area contributed by atoms with E-state index in [9.17, 15) is 13.2 Å². The second kappa shape index (κ2) is 9.00. The first-order valence-corrected chi connectivity index (χ1v) is 10.7. The Morgan fingerprint density at radius 1 is 1.04 bits per heavy atom. The molecule has 0 atom stereocenters. The fourth-order valence-corrected chi connectivity index (χ4v) is 4.59. The van der Waals surface area contributed by atoms with Gasteiger partial charge in [-0.3, -0.25) is 4.79 Å². The summed E-state index contributed by atoms with van der Waals surface area (Å²) in [6.07, 6.45) is 2.35. The number of nitriles is 1. The lowest BCUT2D eigenvalue weighted by Gasteiger charge is -2.27. The van der Waals surface area contributed by atoms with Gasteiger partial charge < -0.3 is 4.74 Å². The van der Waals surface area contributed by atoms with Gasteiger partial charge in [0.2, 0.25) is 10.0 Å². The van der Waals surface area contributed by atoms with Crippen molar-refractivity contribution in [3.63, 3.8) is 0 Å². The van der Waals surface area contributed by atoms with Gasteiger partial charge in [0, 0.05) is 6.04 Å². The third-order valence-electron chi connectivity index (χ3n) is 4.90. The summed E-state index contributed by atoms with van der Waals surface area (Å²) >= 11 is 0. The molecule has 1 saturated carbocycles. The molecule has 0 amide bonds. The lowest BCUT2D eigenvalue weighted by atomic mass is 9.86. The number of carbonyl (C=O) groups excluding carboxylic acids is 1. The van der Waals surface area contributed by atoms with E-state index in [4.69, 9.17) is 10.00 Å². The number of nitrogens with zero attached hydrogens (tertiary/aromatic N) is 1. The van der Waals surface area contributed by atoms with Gasteiger partial charge in [0.05, 0.1) is 22.4 Å². The standard InChI is InChI=1S/C21H22N2O4S/c22-14-16-6-12-20(13-7-16)28(25,26)23-19-10-8-18(9-11-19)21(24)27-15-17-4-2-1-3-5-17/h1-7,12-13,18-19,23H,8-11,15H2/t18-,19-. The minimum absolute atomic E-state index is 0.135. The highest BCUT2D eigenvalue weighted by molar-refractivity contribution is 7.89. The van der Waals surface area contributed by atoms with Crippen molar-refractivity contribution in [2.24, 2.45) is 5.92 Å². The van der Waals surface area contributed by atoms with Gasteiger partial charge in [0.15, 0.2) is 0 Å². The van der Waals surface area contributed by atoms with Crippen LogP contribution >= 0.6 is 0 Å². The molecule has 146 valence electrons. The molecule has 0 spiro atoms. The highest BCUT2D eigenvalue weighted by Crippen LogP contribution is 2.27. The second-order valence-corrected chi connectivity index (χ2v) is 8.61. The van der Waals surface area contributed by atoms with Gasteiger partial charge in [-0.2, -0.15) is 5.26 Å². The van der Waals surface area contributed by atoms with E-state index in [0.29, 0.717) is 31.2 Å². The molecule has 1 aliphatic rings. The smallest absolute Gasteiger partial charge is 0.309 e. The van der Waals surface area contributed by atoms with Crippen molar-refractivity contribution in [2.75, 3.05) is 0 Å². The lowest BCUT2D eigenvalue weighted by molar-refractivity contribution is -0.151. The number of esters is 1. The first-order valence-electron chi connectivity index (χ1n) is 9.21. The summed E-state index contributed by atoms with van der Waals surface area (Å²) in [5.74, 6) is -0.420. The maximum Gasteiger partial charge on any atom is 0.309 e.